The molecule has 0 saturated carbocycles. The van der Waals surface area contributed by atoms with Gasteiger partial charge >= 0.3 is 0 Å². The number of nitrogens with zero attached hydrogens (tertiary/aromatic N) is 2. The van der Waals surface area contributed by atoms with Crippen molar-refractivity contribution in [1.29, 1.82) is 0 Å². The van der Waals surface area contributed by atoms with Crippen LogP contribution in [0, 0.1) is 0 Å². The van der Waals surface area contributed by atoms with E-state index in [9.17, 15) is 13.2 Å². The van der Waals surface area contributed by atoms with Crippen LogP contribution in [0.2, 0.25) is 10.0 Å². The third kappa shape index (κ3) is 6.45. The van der Waals surface area contributed by atoms with Gasteiger partial charge in [0.15, 0.2) is 0 Å². The molecule has 2 aromatic carbocycles. The molecule has 9 heteroatoms. The highest BCUT2D eigenvalue weighted by Crippen LogP contribution is 2.30. The molecular formula is C21H25Cl2N3O3S. The summed E-state index contributed by atoms with van der Waals surface area (Å²) in [5, 5.41) is 4.56. The van der Waals surface area contributed by atoms with Crippen molar-refractivity contribution in [2.75, 3.05) is 17.1 Å². The second-order valence-corrected chi connectivity index (χ2v) is 10.7. The van der Waals surface area contributed by atoms with E-state index in [0.717, 1.165) is 16.1 Å². The highest BCUT2D eigenvalue weighted by Gasteiger charge is 2.23. The van der Waals surface area contributed by atoms with E-state index in [1.165, 1.54) is 23.8 Å². The van der Waals surface area contributed by atoms with E-state index in [4.69, 9.17) is 23.2 Å². The van der Waals surface area contributed by atoms with Crippen LogP contribution in [0.5, 0.6) is 0 Å². The first-order valence-corrected chi connectivity index (χ1v) is 11.8. The fourth-order valence-corrected chi connectivity index (χ4v) is 3.94. The Balaban J connectivity index is 2.16. The van der Waals surface area contributed by atoms with E-state index in [1.54, 1.807) is 6.92 Å². The Hall–Kier alpha value is -2.09. The molecule has 0 unspecified atom stereocenters. The van der Waals surface area contributed by atoms with Crippen molar-refractivity contribution in [3.8, 4) is 0 Å². The van der Waals surface area contributed by atoms with E-state index in [-0.39, 0.29) is 16.1 Å². The Morgan fingerprint density at radius 2 is 1.70 bits per heavy atom. The van der Waals surface area contributed by atoms with Gasteiger partial charge in [0.25, 0.3) is 5.91 Å². The van der Waals surface area contributed by atoms with Crippen molar-refractivity contribution in [1.82, 2.24) is 5.43 Å². The van der Waals surface area contributed by atoms with E-state index >= 15 is 0 Å². The van der Waals surface area contributed by atoms with Gasteiger partial charge in [-0.3, -0.25) is 9.10 Å². The van der Waals surface area contributed by atoms with Gasteiger partial charge in [0.05, 0.1) is 22.7 Å². The molecule has 2 rings (SSSR count). The second kappa shape index (κ2) is 9.37. The molecule has 0 atom stereocenters. The van der Waals surface area contributed by atoms with Crippen LogP contribution in [0.25, 0.3) is 0 Å². The van der Waals surface area contributed by atoms with Gasteiger partial charge in [0.2, 0.25) is 10.0 Å². The van der Waals surface area contributed by atoms with E-state index in [0.29, 0.717) is 10.7 Å². The number of hydrogen-bond donors (Lipinski definition) is 1. The number of anilines is 1. The summed E-state index contributed by atoms with van der Waals surface area (Å²) >= 11 is 12.1. The number of nitrogens with one attached hydrogen (secondary N) is 1. The topological polar surface area (TPSA) is 78.8 Å². The van der Waals surface area contributed by atoms with Crippen LogP contribution < -0.4 is 9.73 Å². The summed E-state index contributed by atoms with van der Waals surface area (Å²) in [5.74, 6) is -0.609. The number of carbonyl (C=O) groups excluding carboxylic acids is 1. The molecule has 0 aliphatic heterocycles. The fourth-order valence-electron chi connectivity index (χ4n) is 2.65. The summed E-state index contributed by atoms with van der Waals surface area (Å²) in [5.41, 5.74) is 5.19. The van der Waals surface area contributed by atoms with Gasteiger partial charge in [0, 0.05) is 5.02 Å². The van der Waals surface area contributed by atoms with Crippen LogP contribution in [0.15, 0.2) is 47.6 Å². The molecule has 0 heterocycles. The van der Waals surface area contributed by atoms with Crippen LogP contribution in [-0.2, 0) is 20.2 Å². The van der Waals surface area contributed by atoms with Gasteiger partial charge in [-0.05, 0) is 41.7 Å². The average Bonchev–Trinajstić information content (AvgIpc) is 2.65. The summed E-state index contributed by atoms with van der Waals surface area (Å²) < 4.78 is 25.3. The minimum Gasteiger partial charge on any atom is -0.271 e. The van der Waals surface area contributed by atoms with Crippen LogP contribution in [0.4, 0.5) is 5.69 Å². The summed E-state index contributed by atoms with van der Waals surface area (Å²) in [4.78, 5) is 12.4. The molecule has 0 saturated heterocycles. The van der Waals surface area contributed by atoms with Crippen molar-refractivity contribution in [2.45, 2.75) is 33.1 Å². The molecular weight excluding hydrogens is 445 g/mol. The Morgan fingerprint density at radius 3 is 2.23 bits per heavy atom. The molecule has 0 aliphatic rings. The van der Waals surface area contributed by atoms with Gasteiger partial charge in [-0.25, -0.2) is 13.8 Å². The lowest BCUT2D eigenvalue weighted by Crippen LogP contribution is -2.39. The number of sulfonamides is 1. The zero-order chi connectivity index (χ0) is 22.7. The summed E-state index contributed by atoms with van der Waals surface area (Å²) in [6, 6.07) is 12.3. The number of rotatable bonds is 6. The number of halogens is 2. The number of hydrogen-bond acceptors (Lipinski definition) is 4. The van der Waals surface area contributed by atoms with Crippen molar-refractivity contribution in [3.63, 3.8) is 0 Å². The highest BCUT2D eigenvalue weighted by molar-refractivity contribution is 7.92. The maximum absolute atomic E-state index is 12.4. The summed E-state index contributed by atoms with van der Waals surface area (Å²) in [6.07, 6.45) is 0.989. The molecule has 1 amide bonds. The van der Waals surface area contributed by atoms with Crippen molar-refractivity contribution in [3.05, 3.63) is 63.6 Å². The molecule has 0 fully saturated rings. The first-order chi connectivity index (χ1) is 13.8. The molecule has 6 nitrogen and oxygen atoms in total. The molecule has 30 heavy (non-hydrogen) atoms. The molecule has 0 bridgehead atoms. The molecule has 2 aromatic rings. The number of carbonyl (C=O) groups is 1. The predicted molar refractivity (Wildman–Crippen MR) is 124 cm³/mol. The van der Waals surface area contributed by atoms with Gasteiger partial charge in [-0.15, -0.1) is 0 Å². The molecule has 0 radical (unpaired) electrons. The van der Waals surface area contributed by atoms with Gasteiger partial charge in [-0.2, -0.15) is 5.10 Å². The number of hydrazone groups is 1. The van der Waals surface area contributed by atoms with E-state index < -0.39 is 22.5 Å². The monoisotopic (exact) mass is 469 g/mol. The van der Waals surface area contributed by atoms with Crippen LogP contribution in [0.3, 0.4) is 0 Å². The molecule has 0 spiro atoms. The van der Waals surface area contributed by atoms with Crippen molar-refractivity contribution < 1.29 is 13.2 Å². The van der Waals surface area contributed by atoms with Crippen molar-refractivity contribution >= 4 is 50.5 Å². The van der Waals surface area contributed by atoms with Gasteiger partial charge in [-0.1, -0.05) is 68.2 Å². The smallest absolute Gasteiger partial charge is 0.260 e. The molecule has 1 N–H and O–H groups in total. The van der Waals surface area contributed by atoms with Crippen LogP contribution in [0.1, 0.15) is 38.8 Å². The maximum Gasteiger partial charge on any atom is 0.260 e. The molecule has 162 valence electrons. The van der Waals surface area contributed by atoms with Gasteiger partial charge < -0.3 is 0 Å². The normalized spacial score (nSPS) is 12.6. The minimum absolute atomic E-state index is 0.0362. The first-order valence-electron chi connectivity index (χ1n) is 9.16. The SMILES string of the molecule is C/C(=N/NC(=O)CN(c1cc(Cl)ccc1Cl)S(C)(=O)=O)c1ccc(C(C)(C)C)cc1. The first kappa shape index (κ1) is 24.2. The Bertz CT molecular complexity index is 1060. The van der Waals surface area contributed by atoms with Crippen molar-refractivity contribution in [2.24, 2.45) is 5.10 Å². The maximum atomic E-state index is 12.4. The summed E-state index contributed by atoms with van der Waals surface area (Å²) in [6.45, 7) is 7.65. The molecule has 0 aliphatic carbocycles. The largest absolute Gasteiger partial charge is 0.271 e. The van der Waals surface area contributed by atoms with E-state index in [1.807, 2.05) is 24.3 Å². The molecule has 0 aromatic heterocycles. The Labute approximate surface area is 187 Å². The third-order valence-electron chi connectivity index (χ3n) is 4.38. The average molecular weight is 470 g/mol. The van der Waals surface area contributed by atoms with Crippen LogP contribution in [-0.4, -0.2) is 32.8 Å². The third-order valence-corrected chi connectivity index (χ3v) is 6.06. The van der Waals surface area contributed by atoms with E-state index in [2.05, 4.69) is 31.3 Å². The lowest BCUT2D eigenvalue weighted by atomic mass is 9.86. The zero-order valence-electron chi connectivity index (χ0n) is 17.5. The van der Waals surface area contributed by atoms with Gasteiger partial charge in [0.1, 0.15) is 6.54 Å². The lowest BCUT2D eigenvalue weighted by molar-refractivity contribution is -0.119. The summed E-state index contributed by atoms with van der Waals surface area (Å²) in [7, 11) is -3.78. The number of benzene rings is 2. The number of amides is 1. The Morgan fingerprint density at radius 1 is 1.10 bits per heavy atom. The zero-order valence-corrected chi connectivity index (χ0v) is 19.9. The lowest BCUT2D eigenvalue weighted by Gasteiger charge is -2.22. The fraction of sp³-hybridized carbons (Fsp3) is 0.333. The predicted octanol–water partition coefficient (Wildman–Crippen LogP) is 4.60. The minimum atomic E-state index is -3.78. The quantitative estimate of drug-likeness (QED) is 0.495. The van der Waals surface area contributed by atoms with Crippen LogP contribution >= 0.6 is 23.2 Å². The Kier molecular flexibility index (Phi) is 7.55. The standard InChI is InChI=1S/C21H25Cl2N3O3S/c1-14(15-6-8-16(9-7-15)21(2,3)4)24-25-20(27)13-26(30(5,28)29)19-12-17(22)10-11-18(19)23/h6-12H,13H2,1-5H3,(H,25,27)/b24-14-. The second-order valence-electron chi connectivity index (χ2n) is 7.92. The highest BCUT2D eigenvalue weighted by atomic mass is 35.5.